The summed E-state index contributed by atoms with van der Waals surface area (Å²) >= 11 is 0. The summed E-state index contributed by atoms with van der Waals surface area (Å²) in [6.45, 7) is 4.06. The molecule has 0 saturated heterocycles. The number of ether oxygens (including phenoxy) is 1. The van der Waals surface area contributed by atoms with Gasteiger partial charge in [-0.1, -0.05) is 25.1 Å². The first-order valence-corrected chi connectivity index (χ1v) is 8.87. The van der Waals surface area contributed by atoms with Crippen molar-refractivity contribution < 1.29 is 9.53 Å². The molecular weight excluding hydrogens is 338 g/mol. The molecule has 0 fully saturated rings. The summed E-state index contributed by atoms with van der Waals surface area (Å²) in [6, 6.07) is 17.2. The summed E-state index contributed by atoms with van der Waals surface area (Å²) in [5.41, 5.74) is 5.12. The number of benzene rings is 2. The second-order valence-corrected chi connectivity index (χ2v) is 6.20. The highest BCUT2D eigenvalue weighted by atomic mass is 16.5. The van der Waals surface area contributed by atoms with Gasteiger partial charge in [0.05, 0.1) is 19.0 Å². The standard InChI is InChI=1S/C22H23N3O2/c1-4-16-7-5-6-15(2)21(16)25-22(26)20-13-10-18(14-23-20)24-17-8-11-19(27-3)12-9-17/h5-14,24H,4H2,1-3H3,(H,25,26). The highest BCUT2D eigenvalue weighted by molar-refractivity contribution is 6.03. The van der Waals surface area contributed by atoms with Gasteiger partial charge in [0.2, 0.25) is 0 Å². The molecule has 0 bridgehead atoms. The maximum atomic E-state index is 12.6. The fourth-order valence-corrected chi connectivity index (χ4v) is 2.82. The number of pyridine rings is 1. The molecule has 1 amide bonds. The van der Waals surface area contributed by atoms with Gasteiger partial charge >= 0.3 is 0 Å². The zero-order valence-electron chi connectivity index (χ0n) is 15.7. The van der Waals surface area contributed by atoms with E-state index in [1.807, 2.05) is 55.5 Å². The Morgan fingerprint density at radius 3 is 2.41 bits per heavy atom. The van der Waals surface area contributed by atoms with Crippen LogP contribution in [-0.2, 0) is 6.42 Å². The second kappa shape index (κ2) is 8.36. The van der Waals surface area contributed by atoms with Crippen LogP contribution in [0.4, 0.5) is 17.1 Å². The molecule has 0 saturated carbocycles. The molecule has 0 aliphatic rings. The minimum atomic E-state index is -0.213. The van der Waals surface area contributed by atoms with Crippen molar-refractivity contribution in [2.24, 2.45) is 0 Å². The number of hydrogen-bond acceptors (Lipinski definition) is 4. The number of amides is 1. The summed E-state index contributed by atoms with van der Waals surface area (Å²) in [5.74, 6) is 0.586. The number of aryl methyl sites for hydroxylation is 2. The lowest BCUT2D eigenvalue weighted by molar-refractivity contribution is 0.102. The predicted octanol–water partition coefficient (Wildman–Crippen LogP) is 4.96. The number of para-hydroxylation sites is 1. The Kier molecular flexibility index (Phi) is 5.71. The Labute approximate surface area is 159 Å². The van der Waals surface area contributed by atoms with Crippen LogP contribution in [0.1, 0.15) is 28.5 Å². The van der Waals surface area contributed by atoms with E-state index in [-0.39, 0.29) is 5.91 Å². The van der Waals surface area contributed by atoms with Gasteiger partial charge < -0.3 is 15.4 Å². The normalized spacial score (nSPS) is 10.3. The van der Waals surface area contributed by atoms with Crippen LogP contribution in [-0.4, -0.2) is 18.0 Å². The Bertz CT molecular complexity index is 919. The third kappa shape index (κ3) is 4.44. The molecular formula is C22H23N3O2. The number of hydrogen-bond donors (Lipinski definition) is 2. The van der Waals surface area contributed by atoms with Gasteiger partial charge in [-0.05, 0) is 60.9 Å². The van der Waals surface area contributed by atoms with Gasteiger partial charge in [0.15, 0.2) is 0 Å². The lowest BCUT2D eigenvalue weighted by Crippen LogP contribution is -2.15. The van der Waals surface area contributed by atoms with E-state index in [0.29, 0.717) is 5.69 Å². The molecule has 0 spiro atoms. The number of carbonyl (C=O) groups is 1. The van der Waals surface area contributed by atoms with Gasteiger partial charge in [0.1, 0.15) is 11.4 Å². The van der Waals surface area contributed by atoms with Crippen molar-refractivity contribution in [1.82, 2.24) is 4.98 Å². The van der Waals surface area contributed by atoms with Crippen LogP contribution < -0.4 is 15.4 Å². The molecule has 0 atom stereocenters. The largest absolute Gasteiger partial charge is 0.497 e. The summed E-state index contributed by atoms with van der Waals surface area (Å²) in [7, 11) is 1.64. The SMILES string of the molecule is CCc1cccc(C)c1NC(=O)c1ccc(Nc2ccc(OC)cc2)cn1. The van der Waals surface area contributed by atoms with Gasteiger partial charge in [-0.15, -0.1) is 0 Å². The van der Waals surface area contributed by atoms with Gasteiger partial charge in [-0.25, -0.2) is 4.98 Å². The summed E-state index contributed by atoms with van der Waals surface area (Å²) in [4.78, 5) is 16.9. The first-order chi connectivity index (χ1) is 13.1. The molecule has 1 aromatic heterocycles. The zero-order valence-corrected chi connectivity index (χ0v) is 15.7. The Balaban J connectivity index is 1.70. The number of nitrogens with zero attached hydrogens (tertiary/aromatic N) is 1. The molecule has 138 valence electrons. The Hall–Kier alpha value is -3.34. The summed E-state index contributed by atoms with van der Waals surface area (Å²) in [6.07, 6.45) is 2.51. The van der Waals surface area contributed by atoms with Crippen molar-refractivity contribution in [2.45, 2.75) is 20.3 Å². The highest BCUT2D eigenvalue weighted by Crippen LogP contribution is 2.22. The Morgan fingerprint density at radius 2 is 1.78 bits per heavy atom. The molecule has 0 aliphatic carbocycles. The number of rotatable bonds is 6. The number of aromatic nitrogens is 1. The molecule has 3 aromatic rings. The molecule has 1 heterocycles. The molecule has 0 aliphatic heterocycles. The second-order valence-electron chi connectivity index (χ2n) is 6.20. The minimum absolute atomic E-state index is 0.213. The van der Waals surface area contributed by atoms with Gasteiger partial charge in [-0.2, -0.15) is 0 Å². The molecule has 5 nitrogen and oxygen atoms in total. The lowest BCUT2D eigenvalue weighted by Gasteiger charge is -2.13. The summed E-state index contributed by atoms with van der Waals surface area (Å²) in [5, 5.41) is 6.24. The smallest absolute Gasteiger partial charge is 0.274 e. The van der Waals surface area contributed by atoms with Crippen molar-refractivity contribution in [2.75, 3.05) is 17.7 Å². The van der Waals surface area contributed by atoms with Crippen LogP contribution in [0, 0.1) is 6.92 Å². The number of anilines is 3. The van der Waals surface area contributed by atoms with Crippen molar-refractivity contribution in [1.29, 1.82) is 0 Å². The van der Waals surface area contributed by atoms with Crippen LogP contribution in [0.5, 0.6) is 5.75 Å². The summed E-state index contributed by atoms with van der Waals surface area (Å²) < 4.78 is 5.15. The van der Waals surface area contributed by atoms with E-state index >= 15 is 0 Å². The number of methoxy groups -OCH3 is 1. The third-order valence-corrected chi connectivity index (χ3v) is 4.35. The molecule has 3 rings (SSSR count). The fraction of sp³-hybridized carbons (Fsp3) is 0.182. The van der Waals surface area contributed by atoms with Gasteiger partial charge in [0, 0.05) is 11.4 Å². The van der Waals surface area contributed by atoms with Gasteiger partial charge in [-0.3, -0.25) is 4.79 Å². The first kappa shape index (κ1) is 18.5. The van der Waals surface area contributed by atoms with E-state index in [2.05, 4.69) is 22.5 Å². The fourth-order valence-electron chi connectivity index (χ4n) is 2.82. The third-order valence-electron chi connectivity index (χ3n) is 4.35. The Morgan fingerprint density at radius 1 is 1.04 bits per heavy atom. The van der Waals surface area contributed by atoms with E-state index in [9.17, 15) is 4.79 Å². The average molecular weight is 361 g/mol. The molecule has 2 aromatic carbocycles. The topological polar surface area (TPSA) is 63.2 Å². The first-order valence-electron chi connectivity index (χ1n) is 8.87. The maximum Gasteiger partial charge on any atom is 0.274 e. The van der Waals surface area contributed by atoms with Crippen LogP contribution in [0.3, 0.4) is 0 Å². The van der Waals surface area contributed by atoms with Crippen molar-refractivity contribution in [3.05, 3.63) is 77.6 Å². The molecule has 0 radical (unpaired) electrons. The van der Waals surface area contributed by atoms with E-state index in [0.717, 1.165) is 40.4 Å². The van der Waals surface area contributed by atoms with Crippen LogP contribution in [0.25, 0.3) is 0 Å². The maximum absolute atomic E-state index is 12.6. The van der Waals surface area contributed by atoms with Crippen molar-refractivity contribution in [3.63, 3.8) is 0 Å². The molecule has 5 heteroatoms. The van der Waals surface area contributed by atoms with Crippen LogP contribution in [0.2, 0.25) is 0 Å². The number of nitrogens with one attached hydrogen (secondary N) is 2. The van der Waals surface area contributed by atoms with Crippen molar-refractivity contribution in [3.8, 4) is 5.75 Å². The van der Waals surface area contributed by atoms with Gasteiger partial charge in [0.25, 0.3) is 5.91 Å². The number of carbonyl (C=O) groups excluding carboxylic acids is 1. The minimum Gasteiger partial charge on any atom is -0.497 e. The highest BCUT2D eigenvalue weighted by Gasteiger charge is 2.12. The van der Waals surface area contributed by atoms with E-state index in [1.54, 1.807) is 19.4 Å². The molecule has 0 unspecified atom stereocenters. The lowest BCUT2D eigenvalue weighted by atomic mass is 10.1. The molecule has 27 heavy (non-hydrogen) atoms. The van der Waals surface area contributed by atoms with E-state index < -0.39 is 0 Å². The average Bonchev–Trinajstić information content (AvgIpc) is 2.70. The monoisotopic (exact) mass is 361 g/mol. The quantitative estimate of drug-likeness (QED) is 0.651. The van der Waals surface area contributed by atoms with E-state index in [4.69, 9.17) is 4.74 Å². The van der Waals surface area contributed by atoms with Crippen LogP contribution >= 0.6 is 0 Å². The molecule has 2 N–H and O–H groups in total. The van der Waals surface area contributed by atoms with Crippen molar-refractivity contribution >= 4 is 23.0 Å². The van der Waals surface area contributed by atoms with Crippen LogP contribution in [0.15, 0.2) is 60.8 Å². The predicted molar refractivity (Wildman–Crippen MR) is 109 cm³/mol. The zero-order chi connectivity index (χ0) is 19.2. The van der Waals surface area contributed by atoms with E-state index in [1.165, 1.54) is 0 Å².